The normalized spacial score (nSPS) is 14.0. The molecule has 416 valence electrons. The fourth-order valence-corrected chi connectivity index (χ4v) is 10.1. The van der Waals surface area contributed by atoms with E-state index in [1.165, 1.54) is 250 Å². The Hall–Kier alpha value is -1.02. The van der Waals surface area contributed by atoms with E-state index >= 15 is 0 Å². The number of hydrogen-bond acceptors (Lipinski definition) is 5. The summed E-state index contributed by atoms with van der Waals surface area (Å²) in [6.07, 6.45) is 67.3. The highest BCUT2D eigenvalue weighted by Gasteiger charge is 2.27. The van der Waals surface area contributed by atoms with Crippen molar-refractivity contribution in [1.29, 1.82) is 0 Å². The van der Waals surface area contributed by atoms with Gasteiger partial charge in [0.1, 0.15) is 13.2 Å². The zero-order chi connectivity index (χ0) is 51.3. The predicted molar refractivity (Wildman–Crippen MR) is 305 cm³/mol. The Morgan fingerprint density at radius 3 is 1.14 bits per heavy atom. The van der Waals surface area contributed by atoms with Crippen molar-refractivity contribution in [3.05, 3.63) is 24.3 Å². The van der Waals surface area contributed by atoms with Crippen molar-refractivity contribution in [3.63, 3.8) is 0 Å². The molecular formula is C61H122N2O6P+. The highest BCUT2D eigenvalue weighted by atomic mass is 31.2. The SMILES string of the molecule is CCCCCCCCCCCCCCCCCCCCCCCC/C=C/CC/C=C/C(O)C(COP(=O)(O)OCC[N+](C)(C)C)NC(=O)CCCCCCCCCCCCCCCCCCCCCC. The lowest BCUT2D eigenvalue weighted by atomic mass is 10.0. The summed E-state index contributed by atoms with van der Waals surface area (Å²) in [6.45, 7) is 4.85. The monoisotopic (exact) mass is 1010 g/mol. The van der Waals surface area contributed by atoms with Crippen molar-refractivity contribution < 1.29 is 32.9 Å². The Kier molecular flexibility index (Phi) is 52.1. The van der Waals surface area contributed by atoms with Crippen LogP contribution < -0.4 is 5.32 Å². The number of nitrogens with one attached hydrogen (secondary N) is 1. The molecule has 0 saturated carbocycles. The summed E-state index contributed by atoms with van der Waals surface area (Å²) in [4.78, 5) is 23.3. The van der Waals surface area contributed by atoms with Gasteiger partial charge in [0.15, 0.2) is 0 Å². The van der Waals surface area contributed by atoms with E-state index in [0.717, 1.165) is 38.5 Å². The second-order valence-corrected chi connectivity index (χ2v) is 23.9. The van der Waals surface area contributed by atoms with E-state index in [1.54, 1.807) is 6.08 Å². The minimum atomic E-state index is -4.35. The quantitative estimate of drug-likeness (QED) is 0.0243. The van der Waals surface area contributed by atoms with E-state index in [9.17, 15) is 19.4 Å². The van der Waals surface area contributed by atoms with Crippen LogP contribution in [0.4, 0.5) is 0 Å². The highest BCUT2D eigenvalue weighted by molar-refractivity contribution is 7.47. The second-order valence-electron chi connectivity index (χ2n) is 22.4. The predicted octanol–water partition coefficient (Wildman–Crippen LogP) is 18.8. The molecule has 0 bridgehead atoms. The van der Waals surface area contributed by atoms with Gasteiger partial charge >= 0.3 is 7.82 Å². The van der Waals surface area contributed by atoms with Gasteiger partial charge in [-0.3, -0.25) is 13.8 Å². The number of phosphoric ester groups is 1. The number of carbonyl (C=O) groups excluding carboxylic acids is 1. The lowest BCUT2D eigenvalue weighted by Crippen LogP contribution is -2.45. The van der Waals surface area contributed by atoms with Crippen molar-refractivity contribution >= 4 is 13.7 Å². The number of carbonyl (C=O) groups is 1. The van der Waals surface area contributed by atoms with Gasteiger partial charge in [-0.1, -0.05) is 295 Å². The van der Waals surface area contributed by atoms with E-state index < -0.39 is 20.0 Å². The largest absolute Gasteiger partial charge is 0.472 e. The molecule has 0 rings (SSSR count). The number of rotatable bonds is 57. The maximum Gasteiger partial charge on any atom is 0.472 e. The molecule has 0 aromatic heterocycles. The van der Waals surface area contributed by atoms with Gasteiger partial charge in [0, 0.05) is 6.42 Å². The fraction of sp³-hybridized carbons (Fsp3) is 0.918. The third-order valence-electron chi connectivity index (χ3n) is 14.2. The van der Waals surface area contributed by atoms with E-state index in [0.29, 0.717) is 17.4 Å². The van der Waals surface area contributed by atoms with Crippen LogP contribution in [0.5, 0.6) is 0 Å². The summed E-state index contributed by atoms with van der Waals surface area (Å²) in [5.41, 5.74) is 0. The number of likely N-dealkylation sites (N-methyl/N-ethyl adjacent to an activating group) is 1. The zero-order valence-corrected chi connectivity index (χ0v) is 48.4. The maximum absolute atomic E-state index is 13.0. The molecular weight excluding hydrogens is 888 g/mol. The van der Waals surface area contributed by atoms with Crippen LogP contribution in [0.3, 0.4) is 0 Å². The van der Waals surface area contributed by atoms with Gasteiger partial charge in [0.05, 0.1) is 39.9 Å². The van der Waals surface area contributed by atoms with E-state index in [4.69, 9.17) is 9.05 Å². The smallest absolute Gasteiger partial charge is 0.387 e. The molecule has 70 heavy (non-hydrogen) atoms. The number of aliphatic hydroxyl groups excluding tert-OH is 1. The maximum atomic E-state index is 13.0. The molecule has 0 spiro atoms. The Balaban J connectivity index is 4.17. The van der Waals surface area contributed by atoms with Crippen molar-refractivity contribution in [2.45, 2.75) is 321 Å². The summed E-state index contributed by atoms with van der Waals surface area (Å²) in [6, 6.07) is -0.860. The van der Waals surface area contributed by atoms with Crippen LogP contribution in [0, 0.1) is 0 Å². The molecule has 0 aromatic carbocycles. The first-order chi connectivity index (χ1) is 34.0. The molecule has 0 radical (unpaired) electrons. The molecule has 0 aliphatic rings. The first kappa shape index (κ1) is 69.0. The first-order valence-electron chi connectivity index (χ1n) is 30.7. The number of nitrogens with zero attached hydrogens (tertiary/aromatic N) is 1. The van der Waals surface area contributed by atoms with Crippen LogP contribution in [0.25, 0.3) is 0 Å². The molecule has 1 amide bonds. The van der Waals surface area contributed by atoms with Gasteiger partial charge in [-0.2, -0.15) is 0 Å². The van der Waals surface area contributed by atoms with E-state index in [2.05, 4.69) is 31.3 Å². The average molecular weight is 1010 g/mol. The fourth-order valence-electron chi connectivity index (χ4n) is 9.36. The van der Waals surface area contributed by atoms with Gasteiger partial charge in [-0.15, -0.1) is 0 Å². The Bertz CT molecular complexity index is 1190. The van der Waals surface area contributed by atoms with E-state index in [-0.39, 0.29) is 19.1 Å². The molecule has 0 aromatic rings. The van der Waals surface area contributed by atoms with Crippen molar-refractivity contribution in [3.8, 4) is 0 Å². The first-order valence-corrected chi connectivity index (χ1v) is 32.2. The number of quaternary nitrogens is 1. The number of hydrogen-bond donors (Lipinski definition) is 3. The molecule has 3 unspecified atom stereocenters. The molecule has 0 saturated heterocycles. The highest BCUT2D eigenvalue weighted by Crippen LogP contribution is 2.43. The van der Waals surface area contributed by atoms with Crippen LogP contribution in [-0.4, -0.2) is 73.4 Å². The minimum absolute atomic E-state index is 0.0589. The van der Waals surface area contributed by atoms with Crippen LogP contribution in [0.1, 0.15) is 309 Å². The lowest BCUT2D eigenvalue weighted by Gasteiger charge is -2.25. The third-order valence-corrected chi connectivity index (χ3v) is 15.2. The van der Waals surface area contributed by atoms with Gasteiger partial charge in [-0.25, -0.2) is 4.57 Å². The standard InChI is InChI=1S/C61H121N2O6P/c1-6-8-10-12-14-16-18-20-22-24-26-28-29-30-31-32-33-34-35-36-38-40-42-44-46-48-50-52-54-60(64)59(58-69-70(66,67)68-57-56-63(3,4)5)62-61(65)55-53-51-49-47-45-43-41-39-37-27-25-23-21-19-17-15-13-11-9-7-2/h44,46,52,54,59-60,64H,6-43,45,47-51,53,55-58H2,1-5H3,(H-,62,65,66,67)/p+1/b46-44+,54-52+. The summed E-state index contributed by atoms with van der Waals surface area (Å²) >= 11 is 0. The number of phosphoric acid groups is 1. The molecule has 3 atom stereocenters. The molecule has 0 fully saturated rings. The number of allylic oxidation sites excluding steroid dienone is 3. The molecule has 3 N–H and O–H groups in total. The van der Waals surface area contributed by atoms with Crippen LogP contribution >= 0.6 is 7.82 Å². The molecule has 0 aliphatic heterocycles. The second kappa shape index (κ2) is 52.8. The van der Waals surface area contributed by atoms with E-state index in [1.807, 2.05) is 27.2 Å². The zero-order valence-electron chi connectivity index (χ0n) is 47.5. The Morgan fingerprint density at radius 2 is 0.786 bits per heavy atom. The van der Waals surface area contributed by atoms with Gasteiger partial charge < -0.3 is 19.8 Å². The van der Waals surface area contributed by atoms with Crippen molar-refractivity contribution in [2.24, 2.45) is 0 Å². The summed E-state index contributed by atoms with van der Waals surface area (Å²) < 4.78 is 23.7. The average Bonchev–Trinajstić information content (AvgIpc) is 3.32. The Labute approximate surface area is 436 Å². The number of unbranched alkanes of at least 4 members (excludes halogenated alkanes) is 42. The summed E-state index contributed by atoms with van der Waals surface area (Å²) in [7, 11) is 1.57. The van der Waals surface area contributed by atoms with Gasteiger partial charge in [0.25, 0.3) is 0 Å². The van der Waals surface area contributed by atoms with Gasteiger partial charge in [-0.05, 0) is 32.1 Å². The minimum Gasteiger partial charge on any atom is -0.387 e. The molecule has 9 heteroatoms. The third kappa shape index (κ3) is 54.7. The van der Waals surface area contributed by atoms with Crippen LogP contribution in [-0.2, 0) is 18.4 Å². The molecule has 0 heterocycles. The topological polar surface area (TPSA) is 105 Å². The van der Waals surface area contributed by atoms with Gasteiger partial charge in [0.2, 0.25) is 5.91 Å². The summed E-state index contributed by atoms with van der Waals surface area (Å²) in [5, 5.41) is 13.9. The molecule has 0 aliphatic carbocycles. The summed E-state index contributed by atoms with van der Waals surface area (Å²) in [5.74, 6) is -0.180. The number of aliphatic hydroxyl groups is 1. The van der Waals surface area contributed by atoms with Crippen LogP contribution in [0.15, 0.2) is 24.3 Å². The van der Waals surface area contributed by atoms with Crippen molar-refractivity contribution in [1.82, 2.24) is 5.32 Å². The lowest BCUT2D eigenvalue weighted by molar-refractivity contribution is -0.870. The Morgan fingerprint density at radius 1 is 0.471 bits per heavy atom. The molecule has 8 nitrogen and oxygen atoms in total. The van der Waals surface area contributed by atoms with Crippen LogP contribution in [0.2, 0.25) is 0 Å². The van der Waals surface area contributed by atoms with Crippen molar-refractivity contribution in [2.75, 3.05) is 40.9 Å². The number of amides is 1.